The quantitative estimate of drug-likeness (QED) is 0.741. The summed E-state index contributed by atoms with van der Waals surface area (Å²) in [7, 11) is 0. The first-order valence-electron chi connectivity index (χ1n) is 6.95. The maximum atomic E-state index is 12.1. The number of aliphatic hydroxyl groups excluding tert-OH is 1. The van der Waals surface area contributed by atoms with E-state index >= 15 is 0 Å². The molecule has 0 saturated heterocycles. The first-order chi connectivity index (χ1) is 10.6. The number of ketones is 1. The molecule has 1 atom stereocenters. The van der Waals surface area contributed by atoms with Crippen LogP contribution in [-0.2, 0) is 6.42 Å². The number of aliphatic hydroxyl groups is 1. The molecule has 5 heteroatoms. The third-order valence-electron chi connectivity index (χ3n) is 3.19. The average molecular weight is 364 g/mol. The third-order valence-corrected chi connectivity index (χ3v) is 3.72. The predicted molar refractivity (Wildman–Crippen MR) is 89.2 cm³/mol. The predicted octanol–water partition coefficient (Wildman–Crippen LogP) is 2.57. The van der Waals surface area contributed by atoms with E-state index in [-0.39, 0.29) is 25.0 Å². The van der Waals surface area contributed by atoms with Crippen LogP contribution >= 0.6 is 15.9 Å². The van der Waals surface area contributed by atoms with E-state index in [1.54, 1.807) is 24.3 Å². The van der Waals surface area contributed by atoms with Gasteiger partial charge in [-0.05, 0) is 36.2 Å². The van der Waals surface area contributed by atoms with E-state index in [0.717, 1.165) is 10.0 Å². The van der Waals surface area contributed by atoms with Gasteiger partial charge in [0.05, 0.1) is 6.61 Å². The number of hydrogen-bond donors (Lipinski definition) is 2. The van der Waals surface area contributed by atoms with Gasteiger partial charge in [0.25, 0.3) is 0 Å². The monoisotopic (exact) mass is 363 g/mol. The van der Waals surface area contributed by atoms with E-state index in [0.29, 0.717) is 17.7 Å². The molecule has 2 aromatic carbocycles. The summed E-state index contributed by atoms with van der Waals surface area (Å²) < 4.78 is 6.43. The van der Waals surface area contributed by atoms with Crippen LogP contribution in [0.2, 0.25) is 0 Å². The fourth-order valence-electron chi connectivity index (χ4n) is 1.96. The molecule has 0 heterocycles. The van der Waals surface area contributed by atoms with Crippen molar-refractivity contribution in [3.05, 3.63) is 64.1 Å². The molecule has 0 amide bonds. The van der Waals surface area contributed by atoms with Gasteiger partial charge < -0.3 is 15.6 Å². The summed E-state index contributed by atoms with van der Waals surface area (Å²) in [5, 5.41) is 8.94. The molecule has 3 N–H and O–H groups in total. The zero-order valence-corrected chi connectivity index (χ0v) is 13.6. The van der Waals surface area contributed by atoms with Crippen LogP contribution in [0, 0.1) is 0 Å². The van der Waals surface area contributed by atoms with Crippen LogP contribution in [-0.4, -0.2) is 30.1 Å². The molecule has 0 aliphatic rings. The molecule has 0 unspecified atom stereocenters. The highest BCUT2D eigenvalue weighted by Crippen LogP contribution is 2.16. The molecule has 0 aromatic heterocycles. The first kappa shape index (κ1) is 16.7. The SMILES string of the molecule is N[C@H](CO)Cc1ccc(C(=O)COc2ccc(Br)cc2)cc1. The lowest BCUT2D eigenvalue weighted by Gasteiger charge is -2.09. The van der Waals surface area contributed by atoms with E-state index in [1.807, 2.05) is 24.3 Å². The minimum Gasteiger partial charge on any atom is -0.485 e. The fourth-order valence-corrected chi connectivity index (χ4v) is 2.22. The normalized spacial score (nSPS) is 12.0. The molecule has 0 aliphatic carbocycles. The van der Waals surface area contributed by atoms with Gasteiger partial charge >= 0.3 is 0 Å². The maximum Gasteiger partial charge on any atom is 0.200 e. The van der Waals surface area contributed by atoms with Crippen LogP contribution in [0.4, 0.5) is 0 Å². The minimum absolute atomic E-state index is 0.00284. The Kier molecular flexibility index (Phi) is 6.12. The van der Waals surface area contributed by atoms with Crippen molar-refractivity contribution >= 4 is 21.7 Å². The van der Waals surface area contributed by atoms with Crippen LogP contribution in [0.25, 0.3) is 0 Å². The molecular weight excluding hydrogens is 346 g/mol. The van der Waals surface area contributed by atoms with Crippen molar-refractivity contribution in [3.63, 3.8) is 0 Å². The Morgan fingerprint density at radius 3 is 2.36 bits per heavy atom. The van der Waals surface area contributed by atoms with Crippen molar-refractivity contribution in [1.82, 2.24) is 0 Å². The lowest BCUT2D eigenvalue weighted by Crippen LogP contribution is -2.26. The van der Waals surface area contributed by atoms with Crippen molar-refractivity contribution in [2.45, 2.75) is 12.5 Å². The molecule has 0 bridgehead atoms. The van der Waals surface area contributed by atoms with Gasteiger partial charge in [-0.15, -0.1) is 0 Å². The van der Waals surface area contributed by atoms with Crippen molar-refractivity contribution in [3.8, 4) is 5.75 Å². The van der Waals surface area contributed by atoms with E-state index < -0.39 is 0 Å². The number of Topliss-reactive ketones (excluding diaryl/α,β-unsaturated/α-hetero) is 1. The molecule has 22 heavy (non-hydrogen) atoms. The van der Waals surface area contributed by atoms with Crippen LogP contribution in [0.15, 0.2) is 53.0 Å². The standard InChI is InChI=1S/C17H18BrNO3/c18-14-5-7-16(8-6-14)22-11-17(21)13-3-1-12(2-4-13)9-15(19)10-20/h1-8,15,20H,9-11,19H2/t15-/m0/s1. The fraction of sp³-hybridized carbons (Fsp3) is 0.235. The number of nitrogens with two attached hydrogens (primary N) is 1. The third kappa shape index (κ3) is 4.94. The number of benzene rings is 2. The van der Waals surface area contributed by atoms with Gasteiger partial charge in [0.2, 0.25) is 0 Å². The summed E-state index contributed by atoms with van der Waals surface area (Å²) in [5.41, 5.74) is 7.27. The Morgan fingerprint density at radius 2 is 1.77 bits per heavy atom. The van der Waals surface area contributed by atoms with Gasteiger partial charge in [-0.2, -0.15) is 0 Å². The molecule has 4 nitrogen and oxygen atoms in total. The highest BCUT2D eigenvalue weighted by atomic mass is 79.9. The van der Waals surface area contributed by atoms with Gasteiger partial charge in [0.1, 0.15) is 5.75 Å². The van der Waals surface area contributed by atoms with Gasteiger partial charge in [-0.25, -0.2) is 0 Å². The summed E-state index contributed by atoms with van der Waals surface area (Å²) in [6.45, 7) is -0.0567. The number of halogens is 1. The number of ether oxygens (including phenoxy) is 1. The van der Waals surface area contributed by atoms with E-state index in [2.05, 4.69) is 15.9 Å². The van der Waals surface area contributed by atoms with Crippen LogP contribution in [0.5, 0.6) is 5.75 Å². The summed E-state index contributed by atoms with van der Waals surface area (Å²) in [6, 6.07) is 14.3. The van der Waals surface area contributed by atoms with Crippen molar-refractivity contribution in [1.29, 1.82) is 0 Å². The van der Waals surface area contributed by atoms with Crippen molar-refractivity contribution < 1.29 is 14.6 Å². The second kappa shape index (κ2) is 8.08. The van der Waals surface area contributed by atoms with Gasteiger partial charge in [0, 0.05) is 16.1 Å². The molecule has 0 radical (unpaired) electrons. The van der Waals surface area contributed by atoms with Gasteiger partial charge in [-0.3, -0.25) is 4.79 Å². The Hall–Kier alpha value is -1.69. The van der Waals surface area contributed by atoms with Crippen LogP contribution in [0.3, 0.4) is 0 Å². The highest BCUT2D eigenvalue weighted by Gasteiger charge is 2.08. The number of hydrogen-bond acceptors (Lipinski definition) is 4. The summed E-state index contributed by atoms with van der Waals surface area (Å²) in [6.07, 6.45) is 0.584. The zero-order chi connectivity index (χ0) is 15.9. The smallest absolute Gasteiger partial charge is 0.200 e. The second-order valence-electron chi connectivity index (χ2n) is 5.01. The lowest BCUT2D eigenvalue weighted by molar-refractivity contribution is 0.0921. The number of carbonyl (C=O) groups is 1. The Labute approximate surface area is 138 Å². The van der Waals surface area contributed by atoms with Gasteiger partial charge in [0.15, 0.2) is 12.4 Å². The van der Waals surface area contributed by atoms with Gasteiger partial charge in [-0.1, -0.05) is 40.2 Å². The molecule has 0 spiro atoms. The largest absolute Gasteiger partial charge is 0.485 e. The summed E-state index contributed by atoms with van der Waals surface area (Å²) >= 11 is 3.34. The average Bonchev–Trinajstić information content (AvgIpc) is 2.54. The van der Waals surface area contributed by atoms with Crippen LogP contribution < -0.4 is 10.5 Å². The Bertz CT molecular complexity index is 611. The van der Waals surface area contributed by atoms with Crippen LogP contribution in [0.1, 0.15) is 15.9 Å². The Morgan fingerprint density at radius 1 is 1.14 bits per heavy atom. The van der Waals surface area contributed by atoms with E-state index in [4.69, 9.17) is 15.6 Å². The summed E-state index contributed by atoms with van der Waals surface area (Å²) in [4.78, 5) is 12.1. The highest BCUT2D eigenvalue weighted by molar-refractivity contribution is 9.10. The van der Waals surface area contributed by atoms with E-state index in [9.17, 15) is 4.79 Å². The minimum atomic E-state index is -0.276. The molecule has 2 rings (SSSR count). The lowest BCUT2D eigenvalue weighted by atomic mass is 10.0. The second-order valence-corrected chi connectivity index (χ2v) is 5.93. The Balaban J connectivity index is 1.90. The molecule has 0 saturated carbocycles. The molecule has 0 fully saturated rings. The molecule has 116 valence electrons. The van der Waals surface area contributed by atoms with E-state index in [1.165, 1.54) is 0 Å². The molecule has 0 aliphatic heterocycles. The molecular formula is C17H18BrNO3. The molecule has 2 aromatic rings. The maximum absolute atomic E-state index is 12.1. The van der Waals surface area contributed by atoms with Crippen molar-refractivity contribution in [2.24, 2.45) is 5.73 Å². The zero-order valence-electron chi connectivity index (χ0n) is 12.0. The first-order valence-corrected chi connectivity index (χ1v) is 7.74. The summed E-state index contributed by atoms with van der Waals surface area (Å²) in [5.74, 6) is 0.572. The van der Waals surface area contributed by atoms with Crippen molar-refractivity contribution in [2.75, 3.05) is 13.2 Å². The number of rotatable bonds is 7. The topological polar surface area (TPSA) is 72.5 Å². The number of carbonyl (C=O) groups excluding carboxylic acids is 1.